The van der Waals surface area contributed by atoms with E-state index in [1.54, 1.807) is 6.07 Å². The third-order valence-corrected chi connectivity index (χ3v) is 4.84. The van der Waals surface area contributed by atoms with Crippen molar-refractivity contribution in [2.45, 2.75) is 38.0 Å². The van der Waals surface area contributed by atoms with Crippen molar-refractivity contribution in [3.8, 4) is 0 Å². The summed E-state index contributed by atoms with van der Waals surface area (Å²) in [6.45, 7) is 1.50. The Morgan fingerprint density at radius 2 is 1.92 bits per heavy atom. The molecular weight excluding hydrogens is 316 g/mol. The monoisotopic (exact) mass is 340 g/mol. The van der Waals surface area contributed by atoms with Crippen LogP contribution in [0.4, 0.5) is 0 Å². The lowest BCUT2D eigenvalue weighted by atomic mass is 9.93. The Kier molecular flexibility index (Phi) is 5.48. The van der Waals surface area contributed by atoms with Gasteiger partial charge in [-0.05, 0) is 37.3 Å². The van der Waals surface area contributed by atoms with Gasteiger partial charge in [0.05, 0.1) is 0 Å². The lowest BCUT2D eigenvalue weighted by Crippen LogP contribution is -2.37. The summed E-state index contributed by atoms with van der Waals surface area (Å²) in [7, 11) is 0. The lowest BCUT2D eigenvalue weighted by molar-refractivity contribution is -0.132. The van der Waals surface area contributed by atoms with Crippen LogP contribution >= 0.6 is 0 Å². The first-order valence-electron chi connectivity index (χ1n) is 8.80. The van der Waals surface area contributed by atoms with Crippen molar-refractivity contribution >= 4 is 11.8 Å². The van der Waals surface area contributed by atoms with Crippen LogP contribution in [-0.2, 0) is 11.2 Å². The number of likely N-dealkylation sites (tertiary alicyclic amines) is 1. The van der Waals surface area contributed by atoms with E-state index in [-0.39, 0.29) is 11.6 Å². The van der Waals surface area contributed by atoms with Gasteiger partial charge in [0.2, 0.25) is 5.91 Å². The zero-order valence-electron chi connectivity index (χ0n) is 14.3. The number of hydrogen-bond acceptors (Lipinski definition) is 3. The van der Waals surface area contributed by atoms with Gasteiger partial charge < -0.3 is 10.6 Å². The molecule has 0 bridgehead atoms. The van der Waals surface area contributed by atoms with Gasteiger partial charge in [0, 0.05) is 31.1 Å². The molecule has 25 heavy (non-hydrogen) atoms. The fraction of sp³-hybridized carbons (Fsp3) is 0.421. The summed E-state index contributed by atoms with van der Waals surface area (Å²) in [4.78, 5) is 25.4. The Morgan fingerprint density at radius 1 is 1.20 bits per heavy atom. The maximum Gasteiger partial charge on any atom is 0.269 e. The molecule has 1 aliphatic heterocycles. The smallest absolute Gasteiger partial charge is 0.269 e. The Morgan fingerprint density at radius 3 is 2.56 bits per heavy atom. The molecule has 0 spiro atoms. The molecular formula is C19H24N4O2. The van der Waals surface area contributed by atoms with E-state index >= 15 is 0 Å². The Balaban J connectivity index is 1.43. The summed E-state index contributed by atoms with van der Waals surface area (Å²) in [5.41, 5.74) is 7.72. The highest BCUT2D eigenvalue weighted by Gasteiger charge is 2.25. The van der Waals surface area contributed by atoms with Crippen molar-refractivity contribution in [2.75, 3.05) is 13.1 Å². The van der Waals surface area contributed by atoms with E-state index < -0.39 is 5.91 Å². The first-order valence-corrected chi connectivity index (χ1v) is 8.80. The van der Waals surface area contributed by atoms with Crippen LogP contribution in [0.3, 0.4) is 0 Å². The minimum Gasteiger partial charge on any atom is -0.364 e. The Hall–Kier alpha value is -2.63. The first kappa shape index (κ1) is 17.2. The van der Waals surface area contributed by atoms with Crippen LogP contribution in [0.1, 0.15) is 53.3 Å². The Bertz CT molecular complexity index is 718. The maximum atomic E-state index is 12.4. The summed E-state index contributed by atoms with van der Waals surface area (Å²) < 4.78 is 0. The van der Waals surface area contributed by atoms with Gasteiger partial charge in [-0.3, -0.25) is 14.7 Å². The topological polar surface area (TPSA) is 92.1 Å². The zero-order valence-corrected chi connectivity index (χ0v) is 14.3. The number of rotatable bonds is 6. The van der Waals surface area contributed by atoms with Gasteiger partial charge in [-0.15, -0.1) is 0 Å². The van der Waals surface area contributed by atoms with Gasteiger partial charge in [-0.1, -0.05) is 30.3 Å². The molecule has 2 aromatic rings. The molecule has 1 saturated heterocycles. The second-order valence-electron chi connectivity index (χ2n) is 6.57. The molecule has 0 aliphatic carbocycles. The van der Waals surface area contributed by atoms with Crippen LogP contribution in [-0.4, -0.2) is 40.0 Å². The molecule has 3 N–H and O–H groups in total. The number of piperidine rings is 1. The largest absolute Gasteiger partial charge is 0.364 e. The van der Waals surface area contributed by atoms with E-state index in [0.717, 1.165) is 44.5 Å². The fourth-order valence-electron chi connectivity index (χ4n) is 3.36. The number of nitrogens with two attached hydrogens (primary N) is 1. The highest BCUT2D eigenvalue weighted by molar-refractivity contribution is 5.90. The first-order chi connectivity index (χ1) is 12.1. The van der Waals surface area contributed by atoms with E-state index in [4.69, 9.17) is 5.73 Å². The van der Waals surface area contributed by atoms with Crippen molar-refractivity contribution in [3.05, 3.63) is 53.3 Å². The minimum atomic E-state index is -0.520. The van der Waals surface area contributed by atoms with Crippen LogP contribution in [0.25, 0.3) is 0 Å². The van der Waals surface area contributed by atoms with Crippen LogP contribution in [0.15, 0.2) is 36.4 Å². The van der Waals surface area contributed by atoms with Crippen LogP contribution in [0.5, 0.6) is 0 Å². The number of amides is 2. The number of carbonyl (C=O) groups is 2. The molecule has 1 aromatic heterocycles. The number of H-pyrrole nitrogens is 1. The normalized spacial score (nSPS) is 15.3. The van der Waals surface area contributed by atoms with E-state index in [1.165, 1.54) is 5.56 Å². The molecule has 2 heterocycles. The standard InChI is InChI=1S/C19H24N4O2/c20-19(25)17-13-16(21-22-17)15-9-11-23(12-10-15)18(24)8-4-7-14-5-2-1-3-6-14/h1-3,5-6,13,15H,4,7-12H2,(H2,20,25)(H,21,22). The van der Waals surface area contributed by atoms with E-state index in [1.807, 2.05) is 23.1 Å². The van der Waals surface area contributed by atoms with Crippen molar-refractivity contribution < 1.29 is 9.59 Å². The highest BCUT2D eigenvalue weighted by atomic mass is 16.2. The third-order valence-electron chi connectivity index (χ3n) is 4.84. The Labute approximate surface area is 147 Å². The number of aryl methyl sites for hydroxylation is 1. The van der Waals surface area contributed by atoms with Crippen LogP contribution in [0.2, 0.25) is 0 Å². The van der Waals surface area contributed by atoms with E-state index in [9.17, 15) is 9.59 Å². The third kappa shape index (κ3) is 4.47. The molecule has 6 nitrogen and oxygen atoms in total. The quantitative estimate of drug-likeness (QED) is 0.844. The van der Waals surface area contributed by atoms with E-state index in [2.05, 4.69) is 22.3 Å². The summed E-state index contributed by atoms with van der Waals surface area (Å²) in [6, 6.07) is 12.0. The van der Waals surface area contributed by atoms with Crippen LogP contribution in [0, 0.1) is 0 Å². The second-order valence-corrected chi connectivity index (χ2v) is 6.57. The number of nitrogens with zero attached hydrogens (tertiary/aromatic N) is 2. The summed E-state index contributed by atoms with van der Waals surface area (Å²) in [5, 5.41) is 6.83. The number of primary amides is 1. The highest BCUT2D eigenvalue weighted by Crippen LogP contribution is 2.27. The van der Waals surface area contributed by atoms with Gasteiger partial charge in [-0.25, -0.2) is 0 Å². The molecule has 0 unspecified atom stereocenters. The molecule has 6 heteroatoms. The molecule has 132 valence electrons. The predicted octanol–water partition coefficient (Wildman–Crippen LogP) is 2.24. The SMILES string of the molecule is NC(=O)c1cc(C2CCN(C(=O)CCCc3ccccc3)CC2)[nH]n1. The minimum absolute atomic E-state index is 0.233. The zero-order chi connectivity index (χ0) is 17.6. The molecule has 3 rings (SSSR count). The van der Waals surface area contributed by atoms with Crippen molar-refractivity contribution in [1.82, 2.24) is 15.1 Å². The molecule has 0 saturated carbocycles. The molecule has 1 fully saturated rings. The molecule has 0 radical (unpaired) electrons. The van der Waals surface area contributed by atoms with Gasteiger partial charge in [-0.2, -0.15) is 5.10 Å². The summed E-state index contributed by atoms with van der Waals surface area (Å²) in [6.07, 6.45) is 4.17. The number of hydrogen-bond donors (Lipinski definition) is 2. The number of aromatic amines is 1. The van der Waals surface area contributed by atoms with Crippen molar-refractivity contribution in [3.63, 3.8) is 0 Å². The molecule has 2 amide bonds. The van der Waals surface area contributed by atoms with Crippen LogP contribution < -0.4 is 5.73 Å². The van der Waals surface area contributed by atoms with Crippen molar-refractivity contribution in [2.24, 2.45) is 5.73 Å². The van der Waals surface area contributed by atoms with Gasteiger partial charge >= 0.3 is 0 Å². The van der Waals surface area contributed by atoms with Gasteiger partial charge in [0.1, 0.15) is 5.69 Å². The summed E-state index contributed by atoms with van der Waals surface area (Å²) in [5.74, 6) is 0.0133. The molecule has 0 atom stereocenters. The van der Waals surface area contributed by atoms with E-state index in [0.29, 0.717) is 12.3 Å². The number of aromatic nitrogens is 2. The van der Waals surface area contributed by atoms with Crippen molar-refractivity contribution in [1.29, 1.82) is 0 Å². The number of nitrogens with one attached hydrogen (secondary N) is 1. The number of carbonyl (C=O) groups excluding carboxylic acids is 2. The predicted molar refractivity (Wildman–Crippen MR) is 95.0 cm³/mol. The lowest BCUT2D eigenvalue weighted by Gasteiger charge is -2.31. The van der Waals surface area contributed by atoms with Gasteiger partial charge in [0.15, 0.2) is 0 Å². The fourth-order valence-corrected chi connectivity index (χ4v) is 3.36. The second kappa shape index (κ2) is 7.96. The molecule has 1 aromatic carbocycles. The summed E-state index contributed by atoms with van der Waals surface area (Å²) >= 11 is 0. The average Bonchev–Trinajstić information content (AvgIpc) is 3.13. The number of benzene rings is 1. The average molecular weight is 340 g/mol. The maximum absolute atomic E-state index is 12.4. The molecule has 1 aliphatic rings. The van der Waals surface area contributed by atoms with Gasteiger partial charge in [0.25, 0.3) is 5.91 Å².